The van der Waals surface area contributed by atoms with E-state index in [4.69, 9.17) is 37.3 Å². The maximum absolute atomic E-state index is 15.6. The molecule has 2 aliphatic rings. The molecule has 0 radical (unpaired) electrons. The van der Waals surface area contributed by atoms with Crippen molar-refractivity contribution in [2.75, 3.05) is 24.7 Å². The van der Waals surface area contributed by atoms with E-state index in [1.54, 1.807) is 0 Å². The largest absolute Gasteiger partial charge is 0.393 e. The zero-order chi connectivity index (χ0) is 30.1. The van der Waals surface area contributed by atoms with Crippen LogP contribution in [0.3, 0.4) is 0 Å². The normalized spacial score (nSPS) is 30.8. The Morgan fingerprint density at radius 3 is 2.52 bits per heavy atom. The summed E-state index contributed by atoms with van der Waals surface area (Å²) in [4.78, 5) is 45.2. The fourth-order valence-corrected chi connectivity index (χ4v) is 7.56. The van der Waals surface area contributed by atoms with Crippen LogP contribution in [-0.4, -0.2) is 103 Å². The highest BCUT2D eigenvalue weighted by Gasteiger charge is 2.65. The van der Waals surface area contributed by atoms with Crippen LogP contribution < -0.4 is 17.0 Å². The van der Waals surface area contributed by atoms with Crippen LogP contribution in [0.25, 0.3) is 22.3 Å². The lowest BCUT2D eigenvalue weighted by Crippen LogP contribution is -2.41. The van der Waals surface area contributed by atoms with E-state index in [9.17, 15) is 19.9 Å². The first-order chi connectivity index (χ1) is 19.8. The van der Waals surface area contributed by atoms with E-state index in [1.807, 2.05) is 0 Å². The number of aliphatic hydroxyl groups excluding tert-OH is 2. The second kappa shape index (κ2) is 10.2. The van der Waals surface area contributed by atoms with Crippen molar-refractivity contribution in [3.63, 3.8) is 0 Å². The van der Waals surface area contributed by atoms with Crippen molar-refractivity contribution in [2.45, 2.75) is 48.5 Å². The molecule has 0 saturated carbocycles. The number of alkyl halides is 3. The molecule has 0 aromatic carbocycles. The highest BCUT2D eigenvalue weighted by molar-refractivity contribution is 8.09. The standard InChI is InChI=1S/C20H22F3N10O7PS/c21-8-11(35)6(39-17(8)32-4-28-9-13(24)26-3-27-14(9)32)2-38-41(37,42)12-18(40-7(1-34)20(12,22)23)33-5-29-10-15(33)30-19(25)31-16(10)36/h3-8,11-12,17-18,34-35H,1-2H2,(H,37,42)(H2,24,26,27)(H3,25,30,31,36)/t6-,7-,8+,11-,12+,17-,18-,41?/m1/s1. The molecule has 226 valence electrons. The average Bonchev–Trinajstić information content (AvgIpc) is 3.67. The number of hydrogen-bond donors (Lipinski definition) is 6. The molecule has 42 heavy (non-hydrogen) atoms. The Hall–Kier alpha value is -3.30. The van der Waals surface area contributed by atoms with Gasteiger partial charge in [-0.05, 0) is 11.8 Å². The molecule has 6 heterocycles. The molecule has 2 fully saturated rings. The first-order valence-electron chi connectivity index (χ1n) is 12.1. The van der Waals surface area contributed by atoms with Gasteiger partial charge in [-0.15, -0.1) is 0 Å². The number of hydrogen-bond acceptors (Lipinski definition) is 14. The summed E-state index contributed by atoms with van der Waals surface area (Å²) in [5.41, 5.74) is 8.01. The van der Waals surface area contributed by atoms with Crippen molar-refractivity contribution >= 4 is 52.4 Å². The number of H-pyrrole nitrogens is 1. The smallest absolute Gasteiger partial charge is 0.292 e. The highest BCUT2D eigenvalue weighted by Crippen LogP contribution is 2.62. The molecule has 4 aromatic rings. The first kappa shape index (κ1) is 28.8. The molecular weight excluding hydrogens is 612 g/mol. The van der Waals surface area contributed by atoms with E-state index in [0.29, 0.717) is 0 Å². The van der Waals surface area contributed by atoms with Crippen molar-refractivity contribution in [1.82, 2.24) is 39.0 Å². The van der Waals surface area contributed by atoms with E-state index in [1.165, 1.54) is 10.9 Å². The Kier molecular flexibility index (Phi) is 6.97. The average molecular weight is 634 g/mol. The summed E-state index contributed by atoms with van der Waals surface area (Å²) in [6, 6.07) is 0. The van der Waals surface area contributed by atoms with Crippen LogP contribution in [0.1, 0.15) is 12.5 Å². The monoisotopic (exact) mass is 634 g/mol. The van der Waals surface area contributed by atoms with E-state index < -0.39 is 73.8 Å². The third-order valence-corrected chi connectivity index (χ3v) is 9.84. The Morgan fingerprint density at radius 1 is 1.12 bits per heavy atom. The molecular formula is C20H22F3N10O7PS. The molecule has 1 unspecified atom stereocenters. The predicted octanol–water partition coefficient (Wildman–Crippen LogP) is -1.07. The van der Waals surface area contributed by atoms with Crippen molar-refractivity contribution in [2.24, 2.45) is 0 Å². The summed E-state index contributed by atoms with van der Waals surface area (Å²) >= 11 is 5.15. The van der Waals surface area contributed by atoms with Gasteiger partial charge in [-0.2, -0.15) is 4.98 Å². The minimum absolute atomic E-state index is 0.0252. The number of aliphatic hydroxyl groups is 2. The van der Waals surface area contributed by atoms with Gasteiger partial charge in [0, 0.05) is 0 Å². The van der Waals surface area contributed by atoms with Crippen molar-refractivity contribution in [3.05, 3.63) is 29.3 Å². The second-order valence-corrected chi connectivity index (χ2v) is 13.0. The lowest BCUT2D eigenvalue weighted by Gasteiger charge is -2.31. The van der Waals surface area contributed by atoms with Crippen LogP contribution in [-0.2, 0) is 25.8 Å². The molecule has 8 N–H and O–H groups in total. The van der Waals surface area contributed by atoms with Crippen molar-refractivity contribution < 1.29 is 42.3 Å². The van der Waals surface area contributed by atoms with Gasteiger partial charge >= 0.3 is 0 Å². The third kappa shape index (κ3) is 4.43. The summed E-state index contributed by atoms with van der Waals surface area (Å²) in [7, 11) is 0. The van der Waals surface area contributed by atoms with Gasteiger partial charge in [-0.25, -0.2) is 33.1 Å². The zero-order valence-electron chi connectivity index (χ0n) is 20.9. The fourth-order valence-electron chi connectivity index (χ4n) is 4.99. The number of halogens is 3. The molecule has 0 bridgehead atoms. The Balaban J connectivity index is 1.27. The molecule has 4 aromatic heterocycles. The van der Waals surface area contributed by atoms with Gasteiger partial charge in [0.15, 0.2) is 47.7 Å². The Morgan fingerprint density at radius 2 is 1.81 bits per heavy atom. The molecule has 22 heteroatoms. The number of nitrogen functional groups attached to an aromatic ring is 2. The van der Waals surface area contributed by atoms with E-state index in [-0.39, 0.29) is 34.1 Å². The van der Waals surface area contributed by atoms with E-state index in [2.05, 4.69) is 29.9 Å². The topological polar surface area (TPSA) is 248 Å². The lowest BCUT2D eigenvalue weighted by atomic mass is 10.1. The Bertz CT molecular complexity index is 1770. The van der Waals surface area contributed by atoms with E-state index in [0.717, 1.165) is 17.2 Å². The number of rotatable bonds is 7. The molecule has 2 aliphatic heterocycles. The summed E-state index contributed by atoms with van der Waals surface area (Å²) in [6.45, 7) is -6.63. The fraction of sp³-hybridized carbons (Fsp3) is 0.500. The highest BCUT2D eigenvalue weighted by atomic mass is 32.5. The lowest BCUT2D eigenvalue weighted by molar-refractivity contribution is -0.101. The first-order valence-corrected chi connectivity index (χ1v) is 14.8. The molecule has 8 atom stereocenters. The van der Waals surface area contributed by atoms with Gasteiger partial charge in [0.25, 0.3) is 11.5 Å². The van der Waals surface area contributed by atoms with Crippen LogP contribution in [0.15, 0.2) is 23.8 Å². The second-order valence-electron chi connectivity index (χ2n) is 9.54. The van der Waals surface area contributed by atoms with Gasteiger partial charge in [-0.3, -0.25) is 18.9 Å². The minimum atomic E-state index is -4.65. The molecule has 2 saturated heterocycles. The number of fused-ring (bicyclic) bond motifs is 2. The van der Waals surface area contributed by atoms with Crippen LogP contribution in [0.4, 0.5) is 24.9 Å². The van der Waals surface area contributed by atoms with E-state index >= 15 is 13.2 Å². The maximum Gasteiger partial charge on any atom is 0.292 e. The number of imidazole rings is 2. The number of nitrogens with two attached hydrogens (primary N) is 2. The minimum Gasteiger partial charge on any atom is -0.393 e. The molecule has 0 spiro atoms. The van der Waals surface area contributed by atoms with Crippen molar-refractivity contribution in [3.8, 4) is 0 Å². The van der Waals surface area contributed by atoms with Gasteiger partial charge < -0.3 is 40.6 Å². The van der Waals surface area contributed by atoms with Gasteiger partial charge in [0.1, 0.15) is 35.8 Å². The number of nitrogens with one attached hydrogen (secondary N) is 1. The molecule has 17 nitrogen and oxygen atoms in total. The summed E-state index contributed by atoms with van der Waals surface area (Å²) in [5, 5.41) is 20.1. The van der Waals surface area contributed by atoms with Crippen molar-refractivity contribution in [1.29, 1.82) is 0 Å². The summed E-state index contributed by atoms with van der Waals surface area (Å²) in [5.74, 6) is -4.29. The molecule has 0 aliphatic carbocycles. The van der Waals surface area contributed by atoms with Gasteiger partial charge in [0.05, 0.1) is 25.9 Å². The summed E-state index contributed by atoms with van der Waals surface area (Å²) < 4.78 is 64.7. The number of aromatic amines is 1. The number of nitrogens with zero attached hydrogens (tertiary/aromatic N) is 7. The molecule has 0 amide bonds. The Labute approximate surface area is 236 Å². The van der Waals surface area contributed by atoms with Crippen LogP contribution in [0.2, 0.25) is 0 Å². The van der Waals surface area contributed by atoms with Gasteiger partial charge in [-0.1, -0.05) is 0 Å². The summed E-state index contributed by atoms with van der Waals surface area (Å²) in [6.07, 6.45) is -7.55. The maximum atomic E-state index is 15.6. The predicted molar refractivity (Wildman–Crippen MR) is 139 cm³/mol. The molecule has 6 rings (SSSR count). The zero-order valence-corrected chi connectivity index (χ0v) is 22.6. The third-order valence-electron chi connectivity index (χ3n) is 7.02. The van der Waals surface area contributed by atoms with Gasteiger partial charge in [0.2, 0.25) is 5.95 Å². The quantitative estimate of drug-likeness (QED) is 0.133. The van der Waals surface area contributed by atoms with Crippen LogP contribution >= 0.6 is 6.49 Å². The number of aromatic nitrogens is 8. The number of anilines is 2. The van der Waals surface area contributed by atoms with Crippen LogP contribution in [0, 0.1) is 0 Å². The number of ether oxygens (including phenoxy) is 2. The van der Waals surface area contributed by atoms with Crippen LogP contribution in [0.5, 0.6) is 0 Å². The SMILES string of the molecule is Nc1nc2c(ncn2[C@@H]2O[C@H](CO)C(F)(F)[C@H]2P(O)(=S)OC[C@H]2O[C@@H](n3cnc4c(N)ncnc43)[C@@H](F)[C@@H]2O)c(=O)[nH]1.